The van der Waals surface area contributed by atoms with Gasteiger partial charge in [-0.25, -0.2) is 0 Å². The Kier molecular flexibility index (Phi) is 5.43. The average Bonchev–Trinajstić information content (AvgIpc) is 3.70. The molecule has 36 heavy (non-hydrogen) atoms. The molecule has 1 fully saturated rings. The third-order valence-electron chi connectivity index (χ3n) is 7.29. The van der Waals surface area contributed by atoms with Gasteiger partial charge in [0.15, 0.2) is 0 Å². The van der Waals surface area contributed by atoms with Gasteiger partial charge in [0.25, 0.3) is 5.89 Å². The Morgan fingerprint density at radius 2 is 1.89 bits per heavy atom. The van der Waals surface area contributed by atoms with Gasteiger partial charge in [-0.05, 0) is 44.9 Å². The van der Waals surface area contributed by atoms with E-state index in [4.69, 9.17) is 23.9 Å². The van der Waals surface area contributed by atoms with Crippen LogP contribution in [-0.4, -0.2) is 39.9 Å². The minimum absolute atomic E-state index is 0.363. The van der Waals surface area contributed by atoms with Crippen LogP contribution in [0.4, 0.5) is 0 Å². The van der Waals surface area contributed by atoms with Crippen molar-refractivity contribution >= 4 is 16.6 Å². The number of oxime groups is 1. The molecule has 2 aromatic carbocycles. The molecule has 1 saturated carbocycles. The van der Waals surface area contributed by atoms with Crippen molar-refractivity contribution in [1.29, 1.82) is 0 Å². The van der Waals surface area contributed by atoms with E-state index in [2.05, 4.69) is 45.1 Å². The van der Waals surface area contributed by atoms with Gasteiger partial charge in [0.2, 0.25) is 11.4 Å². The highest BCUT2D eigenvalue weighted by Gasteiger charge is 2.42. The molecule has 0 N–H and O–H groups in total. The highest BCUT2D eigenvalue weighted by atomic mass is 16.7. The molecule has 2 aliphatic rings. The summed E-state index contributed by atoms with van der Waals surface area (Å²) in [5, 5.41) is 14.7. The molecule has 0 radical (unpaired) electrons. The fourth-order valence-corrected chi connectivity index (χ4v) is 5.24. The van der Waals surface area contributed by atoms with Crippen LogP contribution in [0.15, 0.2) is 46.1 Å². The van der Waals surface area contributed by atoms with Crippen molar-refractivity contribution < 1.29 is 18.8 Å². The third-order valence-corrected chi connectivity index (χ3v) is 7.29. The number of hydrogen-bond acceptors (Lipinski definition) is 8. The van der Waals surface area contributed by atoms with Crippen LogP contribution in [0.25, 0.3) is 22.3 Å². The van der Waals surface area contributed by atoms with Crippen LogP contribution < -0.4 is 9.47 Å². The number of rotatable bonds is 6. The van der Waals surface area contributed by atoms with E-state index >= 15 is 0 Å². The summed E-state index contributed by atoms with van der Waals surface area (Å²) in [5.41, 5.74) is 3.92. The van der Waals surface area contributed by atoms with Crippen LogP contribution in [0, 0.1) is 6.92 Å². The first-order valence-corrected chi connectivity index (χ1v) is 12.3. The zero-order valence-corrected chi connectivity index (χ0v) is 20.9. The molecule has 1 aliphatic carbocycles. The van der Waals surface area contributed by atoms with Crippen molar-refractivity contribution in [3.05, 3.63) is 53.5 Å². The van der Waals surface area contributed by atoms with Gasteiger partial charge in [-0.15, -0.1) is 0 Å². The topological polar surface area (TPSA) is 96.8 Å². The van der Waals surface area contributed by atoms with E-state index in [-0.39, 0.29) is 0 Å². The fraction of sp³-hybridized carbons (Fsp3) is 0.407. The Morgan fingerprint density at radius 3 is 2.67 bits per heavy atom. The minimum Gasteiger partial charge on any atom is -0.497 e. The zero-order valence-electron chi connectivity index (χ0n) is 20.9. The van der Waals surface area contributed by atoms with Gasteiger partial charge in [0.05, 0.1) is 42.7 Å². The molecule has 3 heterocycles. The van der Waals surface area contributed by atoms with Crippen LogP contribution in [0.1, 0.15) is 62.2 Å². The predicted molar refractivity (Wildman–Crippen MR) is 134 cm³/mol. The summed E-state index contributed by atoms with van der Waals surface area (Å²) in [5.74, 6) is 2.06. The van der Waals surface area contributed by atoms with Crippen LogP contribution in [0.2, 0.25) is 0 Å². The lowest BCUT2D eigenvalue weighted by atomic mass is 9.95. The second-order valence-electron chi connectivity index (χ2n) is 9.73. The van der Waals surface area contributed by atoms with Crippen molar-refractivity contribution in [3.8, 4) is 22.9 Å². The smallest absolute Gasteiger partial charge is 0.274 e. The Balaban J connectivity index is 1.27. The van der Waals surface area contributed by atoms with E-state index in [9.17, 15) is 0 Å². The van der Waals surface area contributed by atoms with Crippen LogP contribution in [-0.2, 0) is 10.4 Å². The molecule has 0 saturated heterocycles. The molecular formula is C27H29N5O4. The van der Waals surface area contributed by atoms with Gasteiger partial charge in [0, 0.05) is 23.4 Å². The highest BCUT2D eigenvalue weighted by molar-refractivity contribution is 6.04. The standard InChI is InChI=1S/C27H29N5O4/c1-16-20-11-9-17(13-23(20)32(29-16)18-7-5-6-8-18)22-15-27(2,36-30-22)26-28-25(31-35-26)21-12-10-19(33-3)14-24(21)34-4/h9-14,18H,5-8,15H2,1-4H3. The number of nitrogens with zero attached hydrogens (tertiary/aromatic N) is 5. The molecule has 4 aromatic rings. The number of ether oxygens (including phenoxy) is 2. The van der Waals surface area contributed by atoms with Gasteiger partial charge in [-0.3, -0.25) is 4.68 Å². The molecule has 6 rings (SSSR count). The minimum atomic E-state index is -0.864. The van der Waals surface area contributed by atoms with Crippen molar-refractivity contribution in [1.82, 2.24) is 19.9 Å². The Morgan fingerprint density at radius 1 is 1.06 bits per heavy atom. The van der Waals surface area contributed by atoms with Crippen LogP contribution >= 0.6 is 0 Å². The van der Waals surface area contributed by atoms with E-state index < -0.39 is 5.60 Å². The van der Waals surface area contributed by atoms with Crippen molar-refractivity contribution in [3.63, 3.8) is 0 Å². The number of methoxy groups -OCH3 is 2. The highest BCUT2D eigenvalue weighted by Crippen LogP contribution is 2.39. The van der Waals surface area contributed by atoms with Crippen molar-refractivity contribution in [2.24, 2.45) is 5.16 Å². The maximum absolute atomic E-state index is 5.90. The Hall–Kier alpha value is -3.88. The molecule has 1 aliphatic heterocycles. The molecule has 0 spiro atoms. The molecule has 1 unspecified atom stereocenters. The molecule has 1 atom stereocenters. The largest absolute Gasteiger partial charge is 0.497 e. The van der Waals surface area contributed by atoms with Gasteiger partial charge in [-0.1, -0.05) is 35.3 Å². The quantitative estimate of drug-likeness (QED) is 0.351. The number of fused-ring (bicyclic) bond motifs is 1. The van der Waals surface area contributed by atoms with Crippen LogP contribution in [0.3, 0.4) is 0 Å². The second kappa shape index (κ2) is 8.65. The molecular weight excluding hydrogens is 458 g/mol. The molecule has 186 valence electrons. The summed E-state index contributed by atoms with van der Waals surface area (Å²) >= 11 is 0. The second-order valence-corrected chi connectivity index (χ2v) is 9.73. The van der Waals surface area contributed by atoms with E-state index in [0.29, 0.717) is 41.2 Å². The zero-order chi connectivity index (χ0) is 24.9. The summed E-state index contributed by atoms with van der Waals surface area (Å²) in [7, 11) is 3.20. The van der Waals surface area contributed by atoms with E-state index in [1.54, 1.807) is 20.3 Å². The van der Waals surface area contributed by atoms with Crippen molar-refractivity contribution in [2.45, 2.75) is 57.6 Å². The fourth-order valence-electron chi connectivity index (χ4n) is 5.24. The maximum atomic E-state index is 5.90. The molecule has 0 bridgehead atoms. The average molecular weight is 488 g/mol. The molecule has 2 aromatic heterocycles. The summed E-state index contributed by atoms with van der Waals surface area (Å²) in [6, 6.07) is 12.3. The first-order chi connectivity index (χ1) is 17.5. The van der Waals surface area contributed by atoms with E-state index in [1.165, 1.54) is 31.1 Å². The summed E-state index contributed by atoms with van der Waals surface area (Å²) in [6.07, 6.45) is 5.40. The first kappa shape index (κ1) is 22.6. The van der Waals surface area contributed by atoms with Gasteiger partial charge in [-0.2, -0.15) is 10.1 Å². The summed E-state index contributed by atoms with van der Waals surface area (Å²) in [4.78, 5) is 10.5. The van der Waals surface area contributed by atoms with E-state index in [0.717, 1.165) is 22.5 Å². The number of benzene rings is 2. The summed E-state index contributed by atoms with van der Waals surface area (Å²) in [6.45, 7) is 3.99. The Bertz CT molecular complexity index is 1470. The van der Waals surface area contributed by atoms with Gasteiger partial charge >= 0.3 is 0 Å². The SMILES string of the molecule is COc1ccc(-c2noc(C3(C)CC(c4ccc5c(C)nn(C6CCCC6)c5c4)=NO3)n2)c(OC)c1. The predicted octanol–water partition coefficient (Wildman–Crippen LogP) is 5.57. The molecule has 9 heteroatoms. The lowest BCUT2D eigenvalue weighted by Crippen LogP contribution is -2.22. The van der Waals surface area contributed by atoms with Crippen LogP contribution in [0.5, 0.6) is 11.5 Å². The maximum Gasteiger partial charge on any atom is 0.274 e. The Labute approximate surface area is 209 Å². The molecule has 0 amide bonds. The molecule has 9 nitrogen and oxygen atoms in total. The van der Waals surface area contributed by atoms with E-state index in [1.807, 2.05) is 19.1 Å². The number of aryl methyl sites for hydroxylation is 1. The monoisotopic (exact) mass is 487 g/mol. The van der Waals surface area contributed by atoms with Crippen molar-refractivity contribution in [2.75, 3.05) is 14.2 Å². The van der Waals surface area contributed by atoms with Gasteiger partial charge in [0.1, 0.15) is 11.5 Å². The number of hydrogen-bond donors (Lipinski definition) is 0. The first-order valence-electron chi connectivity index (χ1n) is 12.3. The third kappa shape index (κ3) is 3.70. The van der Waals surface area contributed by atoms with Gasteiger partial charge < -0.3 is 18.8 Å². The summed E-state index contributed by atoms with van der Waals surface area (Å²) < 4.78 is 18.6. The lowest BCUT2D eigenvalue weighted by molar-refractivity contribution is -0.0313. The normalized spacial score (nSPS) is 20.1. The lowest BCUT2D eigenvalue weighted by Gasteiger charge is -2.15. The number of aromatic nitrogens is 4.